The number of nitrogens with zero attached hydrogens (tertiary/aromatic N) is 1. The molecule has 1 heterocycles. The summed E-state index contributed by atoms with van der Waals surface area (Å²) in [5, 5.41) is 2.71. The van der Waals surface area contributed by atoms with Crippen molar-refractivity contribution in [3.8, 4) is 0 Å². The minimum atomic E-state index is -0.362. The number of hydrogen-bond donors (Lipinski definition) is 1. The summed E-state index contributed by atoms with van der Waals surface area (Å²) >= 11 is 0. The van der Waals surface area contributed by atoms with Crippen LogP contribution < -0.4 is 10.2 Å². The first-order valence-corrected chi connectivity index (χ1v) is 8.51. The van der Waals surface area contributed by atoms with Gasteiger partial charge in [-0.3, -0.25) is 9.59 Å². The minimum Gasteiger partial charge on any atom is -0.465 e. The molecule has 0 saturated heterocycles. The Labute approximate surface area is 157 Å². The molecule has 27 heavy (non-hydrogen) atoms. The van der Waals surface area contributed by atoms with Crippen molar-refractivity contribution >= 4 is 23.6 Å². The number of furan rings is 1. The lowest BCUT2D eigenvalue weighted by molar-refractivity contribution is -0.115. The molecule has 136 valence electrons. The maximum atomic E-state index is 13.0. The van der Waals surface area contributed by atoms with E-state index < -0.39 is 0 Å². The minimum absolute atomic E-state index is 0.128. The molecule has 0 unspecified atom stereocenters. The van der Waals surface area contributed by atoms with Crippen LogP contribution in [0, 0.1) is 6.92 Å². The maximum absolute atomic E-state index is 13.0. The number of hydrogen-bond acceptors (Lipinski definition) is 3. The van der Waals surface area contributed by atoms with E-state index in [1.807, 2.05) is 37.3 Å². The number of benzene rings is 2. The summed E-state index contributed by atoms with van der Waals surface area (Å²) in [7, 11) is 1.67. The maximum Gasteiger partial charge on any atom is 0.274 e. The summed E-state index contributed by atoms with van der Waals surface area (Å²) in [6.45, 7) is 1.96. The number of aryl methyl sites for hydroxylation is 1. The molecule has 3 rings (SSSR count). The highest BCUT2D eigenvalue weighted by molar-refractivity contribution is 6.11. The van der Waals surface area contributed by atoms with Gasteiger partial charge in [0.05, 0.1) is 6.26 Å². The topological polar surface area (TPSA) is 62.6 Å². The number of anilines is 1. The highest BCUT2D eigenvalue weighted by Crippen LogP contribution is 2.17. The van der Waals surface area contributed by atoms with Crippen molar-refractivity contribution in [2.24, 2.45) is 0 Å². The number of amides is 2. The van der Waals surface area contributed by atoms with Gasteiger partial charge in [-0.15, -0.1) is 0 Å². The number of carbonyl (C=O) groups is 2. The van der Waals surface area contributed by atoms with E-state index in [2.05, 4.69) is 5.32 Å². The fourth-order valence-corrected chi connectivity index (χ4v) is 2.59. The predicted octanol–water partition coefficient (Wildman–Crippen LogP) is 4.02. The SMILES string of the molecule is Cc1cccc(N(C)C(=O)/C(=C/c2ccco2)NC(=O)c2ccccc2)c1. The summed E-state index contributed by atoms with van der Waals surface area (Å²) in [6.07, 6.45) is 3.03. The Kier molecular flexibility index (Phi) is 5.52. The zero-order chi connectivity index (χ0) is 19.2. The van der Waals surface area contributed by atoms with Crippen molar-refractivity contribution in [2.45, 2.75) is 6.92 Å². The van der Waals surface area contributed by atoms with Crippen LogP contribution in [0.1, 0.15) is 21.7 Å². The molecular weight excluding hydrogens is 340 g/mol. The first kappa shape index (κ1) is 18.2. The summed E-state index contributed by atoms with van der Waals surface area (Å²) in [4.78, 5) is 27.1. The normalized spacial score (nSPS) is 11.1. The van der Waals surface area contributed by atoms with Gasteiger partial charge in [-0.25, -0.2) is 0 Å². The summed E-state index contributed by atoms with van der Waals surface area (Å²) in [5.74, 6) is -0.231. The molecule has 1 aromatic heterocycles. The van der Waals surface area contributed by atoms with Crippen LogP contribution in [0.25, 0.3) is 6.08 Å². The van der Waals surface area contributed by atoms with Gasteiger partial charge in [0.2, 0.25) is 0 Å². The van der Waals surface area contributed by atoms with Crippen LogP contribution in [0.4, 0.5) is 5.69 Å². The Balaban J connectivity index is 1.90. The second kappa shape index (κ2) is 8.19. The van der Waals surface area contributed by atoms with Crippen molar-refractivity contribution in [3.63, 3.8) is 0 Å². The number of likely N-dealkylation sites (N-methyl/N-ethyl adjacent to an activating group) is 1. The van der Waals surface area contributed by atoms with Crippen LogP contribution in [0.15, 0.2) is 83.1 Å². The molecule has 0 aliphatic rings. The van der Waals surface area contributed by atoms with Crippen molar-refractivity contribution in [1.29, 1.82) is 0 Å². The second-order valence-corrected chi connectivity index (χ2v) is 6.10. The zero-order valence-electron chi connectivity index (χ0n) is 15.2. The highest BCUT2D eigenvalue weighted by atomic mass is 16.3. The zero-order valence-corrected chi connectivity index (χ0v) is 15.2. The molecule has 5 nitrogen and oxygen atoms in total. The second-order valence-electron chi connectivity index (χ2n) is 6.10. The Hall–Kier alpha value is -3.60. The molecule has 0 aliphatic carbocycles. The highest BCUT2D eigenvalue weighted by Gasteiger charge is 2.20. The quantitative estimate of drug-likeness (QED) is 0.699. The van der Waals surface area contributed by atoms with E-state index >= 15 is 0 Å². The van der Waals surface area contributed by atoms with Gasteiger partial charge in [-0.1, -0.05) is 30.3 Å². The van der Waals surface area contributed by atoms with Crippen molar-refractivity contribution in [1.82, 2.24) is 5.32 Å². The van der Waals surface area contributed by atoms with Crippen LogP contribution in [0.2, 0.25) is 0 Å². The number of carbonyl (C=O) groups excluding carboxylic acids is 2. The Bertz CT molecular complexity index is 960. The Morgan fingerprint density at radius 1 is 1.00 bits per heavy atom. The molecular formula is C22H20N2O3. The first-order chi connectivity index (χ1) is 13.0. The van der Waals surface area contributed by atoms with Crippen LogP contribution in [0.3, 0.4) is 0 Å². The van der Waals surface area contributed by atoms with Crippen molar-refractivity contribution in [2.75, 3.05) is 11.9 Å². The van der Waals surface area contributed by atoms with E-state index in [0.29, 0.717) is 11.3 Å². The van der Waals surface area contributed by atoms with Gasteiger partial charge in [0.15, 0.2) is 0 Å². The molecule has 0 saturated carbocycles. The lowest BCUT2D eigenvalue weighted by Gasteiger charge is -2.20. The van der Waals surface area contributed by atoms with Crippen LogP contribution in [-0.4, -0.2) is 18.9 Å². The van der Waals surface area contributed by atoms with Gasteiger partial charge in [-0.05, 0) is 48.9 Å². The molecule has 2 amide bonds. The Morgan fingerprint density at radius 3 is 2.44 bits per heavy atom. The Morgan fingerprint density at radius 2 is 1.78 bits per heavy atom. The third-order valence-electron chi connectivity index (χ3n) is 4.04. The van der Waals surface area contributed by atoms with Crippen molar-refractivity contribution in [3.05, 3.63) is 95.6 Å². The molecule has 0 aliphatic heterocycles. The fraction of sp³-hybridized carbons (Fsp3) is 0.0909. The smallest absolute Gasteiger partial charge is 0.274 e. The molecule has 1 N–H and O–H groups in total. The molecule has 5 heteroatoms. The van der Waals surface area contributed by atoms with E-state index in [0.717, 1.165) is 11.3 Å². The predicted molar refractivity (Wildman–Crippen MR) is 105 cm³/mol. The van der Waals surface area contributed by atoms with E-state index in [4.69, 9.17) is 4.42 Å². The van der Waals surface area contributed by atoms with Gasteiger partial charge in [0, 0.05) is 24.4 Å². The monoisotopic (exact) mass is 360 g/mol. The molecule has 0 radical (unpaired) electrons. The molecule has 3 aromatic rings. The van der Waals surface area contributed by atoms with Crippen molar-refractivity contribution < 1.29 is 14.0 Å². The third-order valence-corrected chi connectivity index (χ3v) is 4.04. The van der Waals surface area contributed by atoms with Crippen LogP contribution in [-0.2, 0) is 4.79 Å². The summed E-state index contributed by atoms with van der Waals surface area (Å²) in [5.41, 5.74) is 2.37. The molecule has 0 atom stereocenters. The summed E-state index contributed by atoms with van der Waals surface area (Å²) in [6, 6.07) is 19.8. The van der Waals surface area contributed by atoms with Crippen LogP contribution >= 0.6 is 0 Å². The number of nitrogens with one attached hydrogen (secondary N) is 1. The van der Waals surface area contributed by atoms with E-state index in [-0.39, 0.29) is 17.5 Å². The van der Waals surface area contributed by atoms with Crippen LogP contribution in [0.5, 0.6) is 0 Å². The van der Waals surface area contributed by atoms with Gasteiger partial charge < -0.3 is 14.6 Å². The molecule has 0 fully saturated rings. The van der Waals surface area contributed by atoms with E-state index in [1.54, 1.807) is 43.4 Å². The molecule has 0 spiro atoms. The largest absolute Gasteiger partial charge is 0.465 e. The average Bonchev–Trinajstić information content (AvgIpc) is 3.20. The summed E-state index contributed by atoms with van der Waals surface area (Å²) < 4.78 is 5.31. The molecule has 2 aromatic carbocycles. The number of rotatable bonds is 5. The lowest BCUT2D eigenvalue weighted by atomic mass is 10.2. The average molecular weight is 360 g/mol. The molecule has 0 bridgehead atoms. The van der Waals surface area contributed by atoms with Gasteiger partial charge in [-0.2, -0.15) is 0 Å². The van der Waals surface area contributed by atoms with Gasteiger partial charge in [0.1, 0.15) is 11.5 Å². The lowest BCUT2D eigenvalue weighted by Crippen LogP contribution is -2.36. The first-order valence-electron chi connectivity index (χ1n) is 8.51. The standard InChI is InChI=1S/C22H20N2O3/c1-16-8-6-11-18(14-16)24(2)22(26)20(15-19-12-7-13-27-19)23-21(25)17-9-4-3-5-10-17/h3-15H,1-2H3,(H,23,25)/b20-15-. The van der Waals surface area contributed by atoms with E-state index in [9.17, 15) is 9.59 Å². The fourth-order valence-electron chi connectivity index (χ4n) is 2.59. The van der Waals surface area contributed by atoms with Gasteiger partial charge >= 0.3 is 0 Å². The van der Waals surface area contributed by atoms with Gasteiger partial charge in [0.25, 0.3) is 11.8 Å². The van der Waals surface area contributed by atoms with E-state index in [1.165, 1.54) is 17.2 Å². The third kappa shape index (κ3) is 4.52.